The van der Waals surface area contributed by atoms with Crippen LogP contribution < -0.4 is 0 Å². The summed E-state index contributed by atoms with van der Waals surface area (Å²) in [6.45, 7) is 0. The van der Waals surface area contributed by atoms with Gasteiger partial charge in [0, 0.05) is 0 Å². The van der Waals surface area contributed by atoms with Gasteiger partial charge in [-0.3, -0.25) is 20.2 Å². The van der Waals surface area contributed by atoms with Crippen molar-refractivity contribution in [2.75, 3.05) is 0 Å². The molecule has 12 heteroatoms. The fraction of sp³-hybridized carbons (Fsp3) is 0. The van der Waals surface area contributed by atoms with Crippen LogP contribution in [0.1, 0.15) is 0 Å². The topological polar surface area (TPSA) is 178 Å². The third-order valence-corrected chi connectivity index (χ3v) is 1.67. The third kappa shape index (κ3) is 4.44. The van der Waals surface area contributed by atoms with E-state index in [0.29, 0.717) is 0 Å². The van der Waals surface area contributed by atoms with Gasteiger partial charge < -0.3 is 10.2 Å². The van der Waals surface area contributed by atoms with Crippen molar-refractivity contribution >= 4 is 11.4 Å². The minimum Gasteiger partial charge on any atom is -0.479 e. The van der Waals surface area contributed by atoms with Gasteiger partial charge in [0.05, 0.1) is 9.85 Å². The molecule has 0 saturated heterocycles. The summed E-state index contributed by atoms with van der Waals surface area (Å²) in [5.41, 5.74) is -0.476. The van der Waals surface area contributed by atoms with Crippen molar-refractivity contribution in [3.8, 4) is 12.0 Å². The Balaban J connectivity index is 0.000000200. The zero-order chi connectivity index (χ0) is 15.1. The van der Waals surface area contributed by atoms with E-state index in [2.05, 4.69) is 19.9 Å². The lowest BCUT2D eigenvalue weighted by molar-refractivity contribution is -0.385. The Morgan fingerprint density at radius 3 is 1.20 bits per heavy atom. The molecule has 0 aliphatic heterocycles. The maximum Gasteiger partial charge on any atom is 0.314 e. The first-order chi connectivity index (χ1) is 9.40. The monoisotopic (exact) mass is 282 g/mol. The van der Waals surface area contributed by atoms with E-state index in [-0.39, 0.29) is 11.4 Å². The summed E-state index contributed by atoms with van der Waals surface area (Å²) in [6, 6.07) is -0.934. The maximum atomic E-state index is 9.96. The maximum absolute atomic E-state index is 9.96. The molecule has 0 fully saturated rings. The highest BCUT2D eigenvalue weighted by molar-refractivity contribution is 5.21. The van der Waals surface area contributed by atoms with Crippen molar-refractivity contribution in [1.29, 1.82) is 0 Å². The van der Waals surface area contributed by atoms with Gasteiger partial charge in [-0.1, -0.05) is 0 Å². The van der Waals surface area contributed by atoms with Crippen LogP contribution in [0.5, 0.6) is 12.0 Å². The Kier molecular flexibility index (Phi) is 4.74. The molecule has 0 radical (unpaired) electrons. The van der Waals surface area contributed by atoms with Crippen LogP contribution in [0.3, 0.4) is 0 Å². The summed E-state index contributed by atoms with van der Waals surface area (Å²) in [5, 5.41) is 36.9. The Labute approximate surface area is 109 Å². The van der Waals surface area contributed by atoms with Gasteiger partial charge in [-0.05, 0) is 0 Å². The van der Waals surface area contributed by atoms with Gasteiger partial charge in [-0.15, -0.1) is 0 Å². The van der Waals surface area contributed by atoms with E-state index >= 15 is 0 Å². The highest BCUT2D eigenvalue weighted by Gasteiger charge is 2.05. The Morgan fingerprint density at radius 2 is 1.00 bits per heavy atom. The first-order valence-electron chi connectivity index (χ1n) is 4.71. The number of nitrogens with zero attached hydrogens (tertiary/aromatic N) is 6. The van der Waals surface area contributed by atoms with Crippen LogP contribution in [0.4, 0.5) is 11.4 Å². The third-order valence-electron chi connectivity index (χ3n) is 1.67. The molecular formula is C8H6N6O6. The van der Waals surface area contributed by atoms with Gasteiger partial charge in [0.2, 0.25) is 0 Å². The number of hydrogen-bond acceptors (Lipinski definition) is 10. The van der Waals surface area contributed by atoms with Gasteiger partial charge in [-0.25, -0.2) is 0 Å². The largest absolute Gasteiger partial charge is 0.479 e. The zero-order valence-electron chi connectivity index (χ0n) is 9.52. The van der Waals surface area contributed by atoms with Gasteiger partial charge in [-0.2, -0.15) is 19.9 Å². The average Bonchev–Trinajstić information content (AvgIpc) is 2.40. The van der Waals surface area contributed by atoms with E-state index in [1.807, 2.05) is 0 Å². The van der Waals surface area contributed by atoms with Crippen LogP contribution in [0.15, 0.2) is 24.8 Å². The van der Waals surface area contributed by atoms with E-state index in [9.17, 15) is 20.2 Å². The second-order valence-corrected chi connectivity index (χ2v) is 3.00. The smallest absolute Gasteiger partial charge is 0.314 e. The number of aromatic hydroxyl groups is 2. The van der Waals surface area contributed by atoms with Gasteiger partial charge >= 0.3 is 23.4 Å². The zero-order valence-corrected chi connectivity index (χ0v) is 9.52. The molecular weight excluding hydrogens is 276 g/mol. The average molecular weight is 282 g/mol. The van der Waals surface area contributed by atoms with Crippen molar-refractivity contribution in [2.45, 2.75) is 0 Å². The van der Waals surface area contributed by atoms with E-state index in [1.54, 1.807) is 0 Å². The summed E-state index contributed by atoms with van der Waals surface area (Å²) in [7, 11) is 0. The second kappa shape index (κ2) is 6.48. The van der Waals surface area contributed by atoms with E-state index < -0.39 is 21.9 Å². The lowest BCUT2D eigenvalue weighted by Crippen LogP contribution is -1.89. The predicted molar refractivity (Wildman–Crippen MR) is 60.7 cm³/mol. The molecule has 20 heavy (non-hydrogen) atoms. The van der Waals surface area contributed by atoms with Crippen molar-refractivity contribution in [3.63, 3.8) is 0 Å². The van der Waals surface area contributed by atoms with Crippen LogP contribution >= 0.6 is 0 Å². The lowest BCUT2D eigenvalue weighted by atomic mass is 10.6. The number of hydrogen-bond donors (Lipinski definition) is 2. The van der Waals surface area contributed by atoms with Crippen LogP contribution in [0.25, 0.3) is 0 Å². The predicted octanol–water partition coefficient (Wildman–Crippen LogP) is 0.181. The van der Waals surface area contributed by atoms with Gasteiger partial charge in [0.25, 0.3) is 0 Å². The summed E-state index contributed by atoms with van der Waals surface area (Å²) in [6.07, 6.45) is 3.73. The van der Waals surface area contributed by atoms with Crippen LogP contribution in [0.2, 0.25) is 0 Å². The molecule has 0 aliphatic carbocycles. The quantitative estimate of drug-likeness (QED) is 0.569. The van der Waals surface area contributed by atoms with Crippen molar-refractivity contribution in [1.82, 2.24) is 19.9 Å². The molecule has 0 aromatic carbocycles. The normalized spacial score (nSPS) is 9.20. The highest BCUT2D eigenvalue weighted by Crippen LogP contribution is 2.08. The molecule has 2 rings (SSSR count). The summed E-state index contributed by atoms with van der Waals surface area (Å²) >= 11 is 0. The Morgan fingerprint density at radius 1 is 0.750 bits per heavy atom. The molecule has 0 saturated carbocycles. The Hall–Kier alpha value is -3.44. The molecule has 12 nitrogen and oxygen atoms in total. The fourth-order valence-corrected chi connectivity index (χ4v) is 0.817. The minimum atomic E-state index is -0.639. The van der Waals surface area contributed by atoms with E-state index in [4.69, 9.17) is 10.2 Å². The molecule has 104 valence electrons. The fourth-order valence-electron chi connectivity index (χ4n) is 0.817. The lowest BCUT2D eigenvalue weighted by Gasteiger charge is -1.87. The molecule has 2 N–H and O–H groups in total. The molecule has 0 atom stereocenters. The van der Waals surface area contributed by atoms with Crippen molar-refractivity contribution < 1.29 is 20.1 Å². The number of rotatable bonds is 2. The van der Waals surface area contributed by atoms with Crippen LogP contribution in [0, 0.1) is 20.2 Å². The first kappa shape index (κ1) is 14.6. The Bertz CT molecular complexity index is 544. The minimum absolute atomic E-state index is 0.238. The highest BCUT2D eigenvalue weighted by atomic mass is 16.6. The first-order valence-corrected chi connectivity index (χ1v) is 4.71. The summed E-state index contributed by atoms with van der Waals surface area (Å²) in [5.74, 6) is 0. The molecule has 0 aliphatic rings. The van der Waals surface area contributed by atoms with E-state index in [0.717, 1.165) is 24.8 Å². The number of nitro groups is 2. The summed E-state index contributed by atoms with van der Waals surface area (Å²) < 4.78 is 0. The van der Waals surface area contributed by atoms with E-state index in [1.165, 1.54) is 0 Å². The standard InChI is InChI=1S/2C4H3N3O3/c2*8-4-5-1-3(2-6-4)7(9)10/h2*1-2H,(H,5,6,8). The van der Waals surface area contributed by atoms with Gasteiger partial charge in [0.15, 0.2) is 0 Å². The van der Waals surface area contributed by atoms with Crippen LogP contribution in [-0.2, 0) is 0 Å². The number of aromatic nitrogens is 4. The van der Waals surface area contributed by atoms with Crippen molar-refractivity contribution in [2.24, 2.45) is 0 Å². The summed E-state index contributed by atoms with van der Waals surface area (Å²) in [4.78, 5) is 31.4. The van der Waals surface area contributed by atoms with Crippen molar-refractivity contribution in [3.05, 3.63) is 45.0 Å². The van der Waals surface area contributed by atoms with Gasteiger partial charge in [0.1, 0.15) is 24.8 Å². The molecule has 0 bridgehead atoms. The molecule has 2 heterocycles. The molecule has 2 aromatic rings. The second-order valence-electron chi connectivity index (χ2n) is 3.00. The molecule has 0 amide bonds. The SMILES string of the molecule is O=[N+]([O-])c1cnc(O)nc1.O=[N+]([O-])c1cnc(O)nc1. The molecule has 2 aromatic heterocycles. The van der Waals surface area contributed by atoms with Crippen LogP contribution in [-0.4, -0.2) is 40.0 Å². The molecule has 0 unspecified atom stereocenters. The molecule has 0 spiro atoms.